The van der Waals surface area contributed by atoms with E-state index in [1.165, 1.54) is 36.5 Å². The lowest BCUT2D eigenvalue weighted by Crippen LogP contribution is -2.01. The van der Waals surface area contributed by atoms with Crippen molar-refractivity contribution in [1.82, 2.24) is 9.89 Å². The average Bonchev–Trinajstić information content (AvgIpc) is 3.00. The van der Waals surface area contributed by atoms with Gasteiger partial charge in [0.1, 0.15) is 11.5 Å². The Morgan fingerprint density at radius 1 is 1.09 bits per heavy atom. The lowest BCUT2D eigenvalue weighted by molar-refractivity contribution is 0.103. The van der Waals surface area contributed by atoms with E-state index < -0.39 is 5.82 Å². The van der Waals surface area contributed by atoms with Crippen molar-refractivity contribution in [3.8, 4) is 11.3 Å². The summed E-state index contributed by atoms with van der Waals surface area (Å²) in [6, 6.07) is 14.2. The number of isocyanates is 1. The summed E-state index contributed by atoms with van der Waals surface area (Å²) in [6.45, 7) is 0. The van der Waals surface area contributed by atoms with Crippen LogP contribution in [0, 0.1) is 5.82 Å². The van der Waals surface area contributed by atoms with Crippen molar-refractivity contribution < 1.29 is 14.0 Å². The van der Waals surface area contributed by atoms with Crippen molar-refractivity contribution in [2.45, 2.75) is 0 Å². The van der Waals surface area contributed by atoms with Gasteiger partial charge in [-0.1, -0.05) is 35.4 Å². The molecule has 5 nitrogen and oxygen atoms in total. The zero-order valence-electron chi connectivity index (χ0n) is 11.8. The van der Waals surface area contributed by atoms with E-state index in [1.807, 2.05) is 0 Å². The largest absolute Gasteiger partial charge is 0.288 e. The molecule has 0 saturated heterocycles. The number of halogens is 1. The first-order valence-corrected chi connectivity index (χ1v) is 6.72. The topological polar surface area (TPSA) is 64.3 Å². The summed E-state index contributed by atoms with van der Waals surface area (Å²) in [6.07, 6.45) is 2.71. The van der Waals surface area contributed by atoms with Gasteiger partial charge in [-0.15, -0.1) is 9.89 Å². The van der Waals surface area contributed by atoms with Crippen molar-refractivity contribution in [1.29, 1.82) is 0 Å². The van der Waals surface area contributed by atoms with Gasteiger partial charge >= 0.3 is 0 Å². The van der Waals surface area contributed by atoms with Crippen LogP contribution in [0.15, 0.2) is 65.9 Å². The van der Waals surface area contributed by atoms with Gasteiger partial charge in [0.15, 0.2) is 5.78 Å². The van der Waals surface area contributed by atoms with Gasteiger partial charge < -0.3 is 0 Å². The van der Waals surface area contributed by atoms with Crippen molar-refractivity contribution in [3.05, 3.63) is 77.7 Å². The van der Waals surface area contributed by atoms with Crippen molar-refractivity contribution in [2.75, 3.05) is 0 Å². The highest BCUT2D eigenvalue weighted by molar-refractivity contribution is 6.12. The average molecular weight is 307 g/mol. The quantitative estimate of drug-likeness (QED) is 0.423. The molecule has 3 rings (SSSR count). The second-order valence-electron chi connectivity index (χ2n) is 4.71. The Balaban J connectivity index is 2.13. The smallest absolute Gasteiger partial charge is 0.260 e. The Labute approximate surface area is 130 Å². The summed E-state index contributed by atoms with van der Waals surface area (Å²) in [4.78, 5) is 24.1. The number of aromatic nitrogens is 2. The third-order valence-corrected chi connectivity index (χ3v) is 3.24. The lowest BCUT2D eigenvalue weighted by atomic mass is 10.0. The highest BCUT2D eigenvalue weighted by atomic mass is 19.1. The maximum Gasteiger partial charge on any atom is 0.260 e. The third kappa shape index (κ3) is 2.97. The fourth-order valence-corrected chi connectivity index (χ4v) is 2.19. The van der Waals surface area contributed by atoms with Crippen LogP contribution in [0.1, 0.15) is 15.9 Å². The predicted octanol–water partition coefficient (Wildman–Crippen LogP) is 3.02. The molecule has 0 bridgehead atoms. The minimum absolute atomic E-state index is 0.266. The number of nitrogens with zero attached hydrogens (tertiary/aromatic N) is 3. The number of hydrogen-bond donors (Lipinski definition) is 0. The highest BCUT2D eigenvalue weighted by Gasteiger charge is 2.19. The van der Waals surface area contributed by atoms with Crippen molar-refractivity contribution in [2.24, 2.45) is 5.10 Å². The first kappa shape index (κ1) is 14.6. The van der Waals surface area contributed by atoms with E-state index in [2.05, 4.69) is 10.2 Å². The summed E-state index contributed by atoms with van der Waals surface area (Å²) in [5.74, 6) is -0.660. The van der Waals surface area contributed by atoms with Crippen LogP contribution in [-0.4, -0.2) is 21.8 Å². The first-order valence-electron chi connectivity index (χ1n) is 6.72. The molecule has 6 heteroatoms. The summed E-state index contributed by atoms with van der Waals surface area (Å²) >= 11 is 0. The molecular weight excluding hydrogens is 297 g/mol. The Kier molecular flexibility index (Phi) is 3.91. The van der Waals surface area contributed by atoms with Gasteiger partial charge in [0.2, 0.25) is 0 Å². The molecule has 0 atom stereocenters. The predicted molar refractivity (Wildman–Crippen MR) is 81.0 cm³/mol. The fraction of sp³-hybridized carbons (Fsp3) is 0. The van der Waals surface area contributed by atoms with E-state index in [9.17, 15) is 14.0 Å². The second kappa shape index (κ2) is 6.17. The van der Waals surface area contributed by atoms with Crippen molar-refractivity contribution in [3.63, 3.8) is 0 Å². The molecule has 0 radical (unpaired) electrons. The van der Waals surface area contributed by atoms with Gasteiger partial charge in [-0.05, 0) is 24.3 Å². The van der Waals surface area contributed by atoms with E-state index in [1.54, 1.807) is 30.3 Å². The van der Waals surface area contributed by atoms with Gasteiger partial charge in [-0.3, -0.25) is 4.79 Å². The minimum atomic E-state index is -0.393. The summed E-state index contributed by atoms with van der Waals surface area (Å²) in [7, 11) is 0. The van der Waals surface area contributed by atoms with Crippen LogP contribution in [0.5, 0.6) is 0 Å². The van der Waals surface area contributed by atoms with Crippen LogP contribution >= 0.6 is 0 Å². The molecule has 0 saturated carbocycles. The molecule has 0 unspecified atom stereocenters. The van der Waals surface area contributed by atoms with E-state index in [0.29, 0.717) is 16.8 Å². The molecule has 0 spiro atoms. The number of ketones is 1. The second-order valence-corrected chi connectivity index (χ2v) is 4.71. The number of carbonyl (C=O) groups excluding carboxylic acids is 2. The Morgan fingerprint density at radius 3 is 2.43 bits per heavy atom. The fourth-order valence-electron chi connectivity index (χ4n) is 2.19. The van der Waals surface area contributed by atoms with Crippen LogP contribution in [-0.2, 0) is 4.79 Å². The minimum Gasteiger partial charge on any atom is -0.288 e. The van der Waals surface area contributed by atoms with Crippen LogP contribution in [0.25, 0.3) is 11.3 Å². The number of benzene rings is 2. The summed E-state index contributed by atoms with van der Waals surface area (Å²) in [5.41, 5.74) is 1.61. The molecular formula is C17H10FN3O2. The molecule has 0 N–H and O–H groups in total. The van der Waals surface area contributed by atoms with Gasteiger partial charge in [0.25, 0.3) is 6.08 Å². The van der Waals surface area contributed by atoms with Gasteiger partial charge in [0.05, 0.1) is 11.8 Å². The standard InChI is InChI=1S/C17H10FN3O2/c18-14-8-6-12(7-9-14)16-15(10-21(20-16)19-11-22)17(23)13-4-2-1-3-5-13/h1-10H. The normalized spacial score (nSPS) is 10.1. The molecule has 23 heavy (non-hydrogen) atoms. The monoisotopic (exact) mass is 307 g/mol. The molecule has 0 aliphatic carbocycles. The zero-order chi connectivity index (χ0) is 16.2. The maximum atomic E-state index is 13.1. The molecule has 1 aromatic heterocycles. The zero-order valence-corrected chi connectivity index (χ0v) is 11.8. The van der Waals surface area contributed by atoms with Gasteiger partial charge in [-0.2, -0.15) is 0 Å². The van der Waals surface area contributed by atoms with Crippen LogP contribution in [0.4, 0.5) is 4.39 Å². The van der Waals surface area contributed by atoms with Crippen LogP contribution < -0.4 is 0 Å². The molecule has 2 aromatic carbocycles. The number of rotatable bonds is 4. The Morgan fingerprint density at radius 2 is 1.78 bits per heavy atom. The molecule has 0 aliphatic heterocycles. The van der Waals surface area contributed by atoms with Crippen LogP contribution in [0.2, 0.25) is 0 Å². The maximum absolute atomic E-state index is 13.1. The lowest BCUT2D eigenvalue weighted by Gasteiger charge is -2.02. The van der Waals surface area contributed by atoms with E-state index in [-0.39, 0.29) is 11.3 Å². The van der Waals surface area contributed by atoms with Gasteiger partial charge in [0, 0.05) is 11.1 Å². The summed E-state index contributed by atoms with van der Waals surface area (Å²) in [5, 5.41) is 7.47. The molecule has 1 heterocycles. The van der Waals surface area contributed by atoms with Gasteiger partial charge in [-0.25, -0.2) is 9.18 Å². The molecule has 0 aliphatic rings. The number of hydrogen-bond acceptors (Lipinski definition) is 4. The molecule has 112 valence electrons. The van der Waals surface area contributed by atoms with Crippen molar-refractivity contribution >= 4 is 11.9 Å². The molecule has 3 aromatic rings. The first-order chi connectivity index (χ1) is 11.2. The SMILES string of the molecule is O=C=Nn1cc(C(=O)c2ccccc2)c(-c2ccc(F)cc2)n1. The molecule has 0 fully saturated rings. The third-order valence-electron chi connectivity index (χ3n) is 3.24. The Hall–Kier alpha value is -3.37. The summed E-state index contributed by atoms with van der Waals surface area (Å²) < 4.78 is 13.1. The molecule has 0 amide bonds. The van der Waals surface area contributed by atoms with E-state index in [0.717, 1.165) is 4.79 Å². The highest BCUT2D eigenvalue weighted by Crippen LogP contribution is 2.24. The van der Waals surface area contributed by atoms with Crippen LogP contribution in [0.3, 0.4) is 0 Å². The van der Waals surface area contributed by atoms with E-state index in [4.69, 9.17) is 0 Å². The number of carbonyl (C=O) groups is 1. The van der Waals surface area contributed by atoms with E-state index >= 15 is 0 Å². The Bertz CT molecular complexity index is 895.